The third-order valence-electron chi connectivity index (χ3n) is 2.84. The highest BCUT2D eigenvalue weighted by molar-refractivity contribution is 6.01. The summed E-state index contributed by atoms with van der Waals surface area (Å²) >= 11 is 0. The third-order valence-corrected chi connectivity index (χ3v) is 2.84. The number of carbonyl (C=O) groups is 2. The number of anilines is 1. The lowest BCUT2D eigenvalue weighted by Crippen LogP contribution is -2.47. The van der Waals surface area contributed by atoms with E-state index in [0.717, 1.165) is 0 Å². The summed E-state index contributed by atoms with van der Waals surface area (Å²) in [6, 6.07) is 2.21. The van der Waals surface area contributed by atoms with Crippen molar-refractivity contribution < 1.29 is 14.0 Å². The Morgan fingerprint density at radius 1 is 1.42 bits per heavy atom. The molecular weight excluding hydrogens is 253 g/mol. The standard InChI is InChI=1S/C11H10FN5O2/c12-6-1-3-8-14-11(16-17(8)5-6)13-7-2-4-9(18)15-10(7)19/h1,3,5,7H,2,4H2,(H,13,16)(H,15,18,19). The Morgan fingerprint density at radius 2 is 2.26 bits per heavy atom. The Bertz CT molecular complexity index is 668. The van der Waals surface area contributed by atoms with Crippen molar-refractivity contribution in [2.45, 2.75) is 18.9 Å². The summed E-state index contributed by atoms with van der Waals surface area (Å²) in [7, 11) is 0. The molecule has 0 saturated carbocycles. The highest BCUT2D eigenvalue weighted by Crippen LogP contribution is 2.12. The number of hydrogen-bond donors (Lipinski definition) is 2. The van der Waals surface area contributed by atoms with E-state index in [2.05, 4.69) is 20.7 Å². The molecule has 0 spiro atoms. The van der Waals surface area contributed by atoms with Gasteiger partial charge in [-0.2, -0.15) is 4.98 Å². The summed E-state index contributed by atoms with van der Waals surface area (Å²) in [6.07, 6.45) is 1.85. The molecule has 0 aromatic carbocycles. The van der Waals surface area contributed by atoms with E-state index in [1.807, 2.05) is 0 Å². The molecule has 1 atom stereocenters. The summed E-state index contributed by atoms with van der Waals surface area (Å²) < 4.78 is 14.3. The number of imide groups is 1. The second-order valence-electron chi connectivity index (χ2n) is 4.23. The van der Waals surface area contributed by atoms with Gasteiger partial charge in [-0.3, -0.25) is 14.9 Å². The molecule has 1 aliphatic rings. The minimum Gasteiger partial charge on any atom is -0.341 e. The molecule has 0 aliphatic carbocycles. The molecule has 2 amide bonds. The first-order valence-electron chi connectivity index (χ1n) is 5.74. The maximum Gasteiger partial charge on any atom is 0.249 e. The fraction of sp³-hybridized carbons (Fsp3) is 0.273. The first kappa shape index (κ1) is 11.6. The molecule has 2 aromatic rings. The van der Waals surface area contributed by atoms with Crippen LogP contribution in [0.3, 0.4) is 0 Å². The Kier molecular flexibility index (Phi) is 2.62. The van der Waals surface area contributed by atoms with Crippen LogP contribution in [0.5, 0.6) is 0 Å². The number of hydrogen-bond acceptors (Lipinski definition) is 5. The van der Waals surface area contributed by atoms with E-state index in [1.54, 1.807) is 0 Å². The average molecular weight is 263 g/mol. The molecule has 1 saturated heterocycles. The van der Waals surface area contributed by atoms with Crippen LogP contribution in [-0.2, 0) is 9.59 Å². The van der Waals surface area contributed by atoms with E-state index in [4.69, 9.17) is 0 Å². The summed E-state index contributed by atoms with van der Waals surface area (Å²) in [5.74, 6) is -0.889. The second-order valence-corrected chi connectivity index (χ2v) is 4.23. The maximum atomic E-state index is 13.0. The van der Waals surface area contributed by atoms with Crippen molar-refractivity contribution in [3.8, 4) is 0 Å². The van der Waals surface area contributed by atoms with Crippen molar-refractivity contribution in [3.63, 3.8) is 0 Å². The largest absolute Gasteiger partial charge is 0.341 e. The number of nitrogens with zero attached hydrogens (tertiary/aromatic N) is 3. The van der Waals surface area contributed by atoms with Gasteiger partial charge < -0.3 is 5.32 Å². The predicted molar refractivity (Wildman–Crippen MR) is 62.7 cm³/mol. The van der Waals surface area contributed by atoms with Gasteiger partial charge in [0.1, 0.15) is 11.9 Å². The first-order chi connectivity index (χ1) is 9.11. The Morgan fingerprint density at radius 3 is 3.05 bits per heavy atom. The Balaban J connectivity index is 1.81. The molecule has 1 unspecified atom stereocenters. The lowest BCUT2D eigenvalue weighted by atomic mass is 10.1. The fourth-order valence-electron chi connectivity index (χ4n) is 1.91. The molecule has 0 bridgehead atoms. The van der Waals surface area contributed by atoms with Crippen LogP contribution in [0.25, 0.3) is 5.65 Å². The van der Waals surface area contributed by atoms with Gasteiger partial charge in [-0.1, -0.05) is 0 Å². The van der Waals surface area contributed by atoms with Crippen molar-refractivity contribution in [3.05, 3.63) is 24.1 Å². The van der Waals surface area contributed by atoms with E-state index in [0.29, 0.717) is 12.1 Å². The zero-order valence-electron chi connectivity index (χ0n) is 9.76. The highest BCUT2D eigenvalue weighted by atomic mass is 19.1. The van der Waals surface area contributed by atoms with Gasteiger partial charge in [0.15, 0.2) is 5.65 Å². The number of aromatic nitrogens is 3. The first-order valence-corrected chi connectivity index (χ1v) is 5.74. The number of pyridine rings is 1. The van der Waals surface area contributed by atoms with Crippen LogP contribution in [0, 0.1) is 5.82 Å². The van der Waals surface area contributed by atoms with Crippen molar-refractivity contribution in [1.29, 1.82) is 0 Å². The second kappa shape index (κ2) is 4.30. The average Bonchev–Trinajstić information content (AvgIpc) is 2.74. The van der Waals surface area contributed by atoms with E-state index in [1.165, 1.54) is 22.8 Å². The summed E-state index contributed by atoms with van der Waals surface area (Å²) in [5, 5.41) is 9.07. The molecule has 19 heavy (non-hydrogen) atoms. The summed E-state index contributed by atoms with van der Waals surface area (Å²) in [5.41, 5.74) is 0.469. The minimum absolute atomic E-state index is 0.222. The van der Waals surface area contributed by atoms with Crippen LogP contribution in [0.1, 0.15) is 12.8 Å². The zero-order chi connectivity index (χ0) is 13.4. The van der Waals surface area contributed by atoms with Gasteiger partial charge >= 0.3 is 0 Å². The highest BCUT2D eigenvalue weighted by Gasteiger charge is 2.27. The fourth-order valence-corrected chi connectivity index (χ4v) is 1.91. The van der Waals surface area contributed by atoms with Crippen molar-refractivity contribution in [2.75, 3.05) is 5.32 Å². The van der Waals surface area contributed by atoms with Crippen LogP contribution in [-0.4, -0.2) is 32.5 Å². The van der Waals surface area contributed by atoms with Gasteiger partial charge in [0.25, 0.3) is 0 Å². The van der Waals surface area contributed by atoms with Gasteiger partial charge in [0, 0.05) is 6.42 Å². The van der Waals surface area contributed by atoms with E-state index < -0.39 is 17.8 Å². The molecule has 98 valence electrons. The van der Waals surface area contributed by atoms with Gasteiger partial charge in [-0.25, -0.2) is 8.91 Å². The summed E-state index contributed by atoms with van der Waals surface area (Å²) in [6.45, 7) is 0. The summed E-state index contributed by atoms with van der Waals surface area (Å²) in [4.78, 5) is 26.7. The molecular formula is C11H10FN5O2. The molecule has 1 fully saturated rings. The molecule has 8 heteroatoms. The number of rotatable bonds is 2. The number of amides is 2. The third kappa shape index (κ3) is 2.24. The van der Waals surface area contributed by atoms with Crippen LogP contribution in [0.4, 0.5) is 10.3 Å². The number of carbonyl (C=O) groups excluding carboxylic acids is 2. The topological polar surface area (TPSA) is 88.4 Å². The maximum absolute atomic E-state index is 13.0. The van der Waals surface area contributed by atoms with Gasteiger partial charge in [0.2, 0.25) is 17.8 Å². The normalized spacial score (nSPS) is 19.5. The van der Waals surface area contributed by atoms with Crippen molar-refractivity contribution in [2.24, 2.45) is 0 Å². The quantitative estimate of drug-likeness (QED) is 0.749. The van der Waals surface area contributed by atoms with Crippen LogP contribution < -0.4 is 10.6 Å². The number of halogens is 1. The molecule has 7 nitrogen and oxygen atoms in total. The molecule has 2 N–H and O–H groups in total. The van der Waals surface area contributed by atoms with Gasteiger partial charge in [0.05, 0.1) is 6.20 Å². The van der Waals surface area contributed by atoms with E-state index >= 15 is 0 Å². The SMILES string of the molecule is O=C1CCC(Nc2nc3ccc(F)cn3n2)C(=O)N1. The minimum atomic E-state index is -0.556. The van der Waals surface area contributed by atoms with Crippen molar-refractivity contribution in [1.82, 2.24) is 19.9 Å². The van der Waals surface area contributed by atoms with Gasteiger partial charge in [-0.15, -0.1) is 5.10 Å². The molecule has 1 aliphatic heterocycles. The van der Waals surface area contributed by atoms with Crippen LogP contribution in [0.15, 0.2) is 18.3 Å². The van der Waals surface area contributed by atoms with Crippen LogP contribution >= 0.6 is 0 Å². The number of nitrogens with one attached hydrogen (secondary N) is 2. The number of piperidine rings is 1. The Hall–Kier alpha value is -2.51. The van der Waals surface area contributed by atoms with E-state index in [9.17, 15) is 14.0 Å². The van der Waals surface area contributed by atoms with Crippen LogP contribution in [0.2, 0.25) is 0 Å². The zero-order valence-corrected chi connectivity index (χ0v) is 9.76. The number of fused-ring (bicyclic) bond motifs is 1. The molecule has 0 radical (unpaired) electrons. The molecule has 3 rings (SSSR count). The monoisotopic (exact) mass is 263 g/mol. The van der Waals surface area contributed by atoms with Crippen molar-refractivity contribution >= 4 is 23.4 Å². The predicted octanol–water partition coefficient (Wildman–Crippen LogP) is 0.0855. The molecule has 2 aromatic heterocycles. The Labute approximate surface area is 106 Å². The molecule has 3 heterocycles. The lowest BCUT2D eigenvalue weighted by molar-refractivity contribution is -0.133. The lowest BCUT2D eigenvalue weighted by Gasteiger charge is -2.20. The van der Waals surface area contributed by atoms with Gasteiger partial charge in [-0.05, 0) is 18.6 Å². The smallest absolute Gasteiger partial charge is 0.249 e. The van der Waals surface area contributed by atoms with E-state index in [-0.39, 0.29) is 18.3 Å².